The fraction of sp³-hybridized carbons (Fsp3) is 0.647. The summed E-state index contributed by atoms with van der Waals surface area (Å²) in [6.45, 7) is 12.1. The molecule has 0 amide bonds. The Labute approximate surface area is 138 Å². The van der Waals surface area contributed by atoms with Crippen molar-refractivity contribution >= 4 is 23.2 Å². The van der Waals surface area contributed by atoms with Gasteiger partial charge in [0.25, 0.3) is 0 Å². The third-order valence-corrected chi connectivity index (χ3v) is 5.04. The van der Waals surface area contributed by atoms with Gasteiger partial charge in [-0.1, -0.05) is 57.0 Å². The van der Waals surface area contributed by atoms with Gasteiger partial charge in [-0.25, -0.2) is 0 Å². The first-order valence-corrected chi connectivity index (χ1v) is 8.55. The van der Waals surface area contributed by atoms with Crippen LogP contribution in [0.1, 0.15) is 33.3 Å². The van der Waals surface area contributed by atoms with E-state index < -0.39 is 0 Å². The third kappa shape index (κ3) is 4.35. The number of hydrogen-bond acceptors (Lipinski definition) is 2. The Morgan fingerprint density at radius 3 is 2.48 bits per heavy atom. The molecule has 2 unspecified atom stereocenters. The predicted molar refractivity (Wildman–Crippen MR) is 92.1 cm³/mol. The van der Waals surface area contributed by atoms with E-state index in [0.29, 0.717) is 28.9 Å². The maximum Gasteiger partial charge on any atom is 0.0465 e. The Balaban J connectivity index is 2.15. The molecule has 1 fully saturated rings. The van der Waals surface area contributed by atoms with E-state index in [1.807, 2.05) is 12.1 Å². The van der Waals surface area contributed by atoms with Crippen LogP contribution in [0.25, 0.3) is 0 Å². The summed E-state index contributed by atoms with van der Waals surface area (Å²) >= 11 is 12.3. The topological polar surface area (TPSA) is 15.3 Å². The molecule has 1 saturated heterocycles. The summed E-state index contributed by atoms with van der Waals surface area (Å²) in [6.07, 6.45) is 0. The molecule has 0 spiro atoms. The number of hydrogen-bond donors (Lipinski definition) is 1. The van der Waals surface area contributed by atoms with Crippen LogP contribution in [0.5, 0.6) is 0 Å². The van der Waals surface area contributed by atoms with E-state index in [2.05, 4.69) is 44.0 Å². The number of nitrogens with one attached hydrogen (secondary N) is 1. The van der Waals surface area contributed by atoms with Crippen LogP contribution in [-0.4, -0.2) is 30.1 Å². The molecule has 1 aromatic rings. The van der Waals surface area contributed by atoms with E-state index in [0.717, 1.165) is 30.2 Å². The van der Waals surface area contributed by atoms with Crippen molar-refractivity contribution in [1.82, 2.24) is 10.2 Å². The lowest BCUT2D eigenvalue weighted by Gasteiger charge is -2.44. The highest BCUT2D eigenvalue weighted by atomic mass is 35.5. The number of benzene rings is 1. The highest BCUT2D eigenvalue weighted by Gasteiger charge is 2.31. The van der Waals surface area contributed by atoms with Crippen LogP contribution < -0.4 is 5.32 Å². The van der Waals surface area contributed by atoms with Crippen LogP contribution in [0, 0.1) is 11.8 Å². The fourth-order valence-corrected chi connectivity index (χ4v) is 3.48. The van der Waals surface area contributed by atoms with E-state index in [9.17, 15) is 0 Å². The first kappa shape index (κ1) is 17.1. The normalized spacial score (nSPS) is 24.0. The van der Waals surface area contributed by atoms with Gasteiger partial charge in [-0.2, -0.15) is 0 Å². The van der Waals surface area contributed by atoms with Crippen LogP contribution in [0.15, 0.2) is 18.2 Å². The number of halogens is 2. The third-order valence-electron chi connectivity index (χ3n) is 4.45. The van der Waals surface area contributed by atoms with E-state index in [1.54, 1.807) is 0 Å². The number of nitrogens with zero attached hydrogens (tertiary/aromatic N) is 1. The van der Waals surface area contributed by atoms with Crippen LogP contribution in [0.4, 0.5) is 0 Å². The van der Waals surface area contributed by atoms with Gasteiger partial charge in [-0.3, -0.25) is 4.90 Å². The second kappa shape index (κ2) is 7.32. The zero-order valence-corrected chi connectivity index (χ0v) is 14.9. The largest absolute Gasteiger partial charge is 0.311 e. The van der Waals surface area contributed by atoms with Gasteiger partial charge in [-0.05, 0) is 29.5 Å². The second-order valence-electron chi connectivity index (χ2n) is 6.74. The summed E-state index contributed by atoms with van der Waals surface area (Å²) in [7, 11) is 0. The quantitative estimate of drug-likeness (QED) is 0.878. The van der Waals surface area contributed by atoms with Crippen molar-refractivity contribution in [2.45, 2.75) is 46.3 Å². The maximum atomic E-state index is 6.35. The molecule has 2 nitrogen and oxygen atoms in total. The molecule has 0 bridgehead atoms. The van der Waals surface area contributed by atoms with E-state index in [1.165, 1.54) is 0 Å². The van der Waals surface area contributed by atoms with Gasteiger partial charge >= 0.3 is 0 Å². The molecule has 1 aliphatic rings. The zero-order valence-electron chi connectivity index (χ0n) is 13.4. The van der Waals surface area contributed by atoms with Crippen molar-refractivity contribution < 1.29 is 0 Å². The van der Waals surface area contributed by atoms with Gasteiger partial charge in [0.2, 0.25) is 0 Å². The molecular weight excluding hydrogens is 303 g/mol. The Hall–Kier alpha value is -0.280. The molecule has 118 valence electrons. The summed E-state index contributed by atoms with van der Waals surface area (Å²) < 4.78 is 0. The molecule has 21 heavy (non-hydrogen) atoms. The lowest BCUT2D eigenvalue weighted by molar-refractivity contribution is 0.0784. The van der Waals surface area contributed by atoms with Gasteiger partial charge in [0.1, 0.15) is 0 Å². The molecule has 1 heterocycles. The highest BCUT2D eigenvalue weighted by molar-refractivity contribution is 6.35. The molecule has 0 aromatic heterocycles. The lowest BCUT2D eigenvalue weighted by Crippen LogP contribution is -2.59. The predicted octanol–water partition coefficient (Wildman–Crippen LogP) is 4.45. The summed E-state index contributed by atoms with van der Waals surface area (Å²) in [5.74, 6) is 1.26. The Morgan fingerprint density at radius 1 is 1.19 bits per heavy atom. The van der Waals surface area contributed by atoms with Gasteiger partial charge in [0.05, 0.1) is 0 Å². The minimum absolute atomic E-state index is 0.547. The molecule has 0 saturated carbocycles. The second-order valence-corrected chi connectivity index (χ2v) is 7.58. The molecule has 4 heteroatoms. The van der Waals surface area contributed by atoms with Gasteiger partial charge in [-0.15, -0.1) is 0 Å². The lowest BCUT2D eigenvalue weighted by atomic mass is 9.94. The molecule has 1 N–H and O–H groups in total. The number of rotatable bonds is 4. The van der Waals surface area contributed by atoms with Crippen LogP contribution in [-0.2, 0) is 6.54 Å². The summed E-state index contributed by atoms with van der Waals surface area (Å²) in [5, 5.41) is 5.16. The van der Waals surface area contributed by atoms with Crippen molar-refractivity contribution in [1.29, 1.82) is 0 Å². The summed E-state index contributed by atoms with van der Waals surface area (Å²) in [6, 6.07) is 6.91. The highest BCUT2D eigenvalue weighted by Crippen LogP contribution is 2.26. The zero-order chi connectivity index (χ0) is 15.6. The smallest absolute Gasteiger partial charge is 0.0465 e. The van der Waals surface area contributed by atoms with Gasteiger partial charge < -0.3 is 5.32 Å². The molecule has 2 rings (SSSR count). The average Bonchev–Trinajstić information content (AvgIpc) is 2.41. The van der Waals surface area contributed by atoms with Gasteiger partial charge in [0.15, 0.2) is 0 Å². The minimum atomic E-state index is 0.547. The van der Waals surface area contributed by atoms with Crippen molar-refractivity contribution in [3.8, 4) is 0 Å². The van der Waals surface area contributed by atoms with Crippen molar-refractivity contribution in [2.75, 3.05) is 13.1 Å². The van der Waals surface area contributed by atoms with Crippen LogP contribution in [0.2, 0.25) is 10.0 Å². The minimum Gasteiger partial charge on any atom is -0.311 e. The summed E-state index contributed by atoms with van der Waals surface area (Å²) in [4.78, 5) is 2.57. The standard InChI is InChI=1S/C17H26Cl2N2/c1-11(2)16-10-21(17(8-20-16)12(3)4)9-13-5-6-14(18)7-15(13)19/h5-7,11-12,16-17,20H,8-10H2,1-4H3. The first-order chi connectivity index (χ1) is 9.88. The molecule has 0 radical (unpaired) electrons. The average molecular weight is 329 g/mol. The van der Waals surface area contributed by atoms with E-state index in [-0.39, 0.29) is 0 Å². The SMILES string of the molecule is CC(C)C1CN(Cc2ccc(Cl)cc2Cl)C(C(C)C)CN1. The molecular formula is C17H26Cl2N2. The summed E-state index contributed by atoms with van der Waals surface area (Å²) in [5.41, 5.74) is 1.16. The van der Waals surface area contributed by atoms with Crippen molar-refractivity contribution in [3.05, 3.63) is 33.8 Å². The fourth-order valence-electron chi connectivity index (χ4n) is 3.01. The molecule has 2 atom stereocenters. The Morgan fingerprint density at radius 2 is 1.90 bits per heavy atom. The van der Waals surface area contributed by atoms with E-state index in [4.69, 9.17) is 23.2 Å². The monoisotopic (exact) mass is 328 g/mol. The van der Waals surface area contributed by atoms with Crippen molar-refractivity contribution in [2.24, 2.45) is 11.8 Å². The van der Waals surface area contributed by atoms with Crippen molar-refractivity contribution in [3.63, 3.8) is 0 Å². The Bertz CT molecular complexity index is 474. The van der Waals surface area contributed by atoms with E-state index >= 15 is 0 Å². The maximum absolute atomic E-state index is 6.35. The van der Waals surface area contributed by atoms with Crippen LogP contribution in [0.3, 0.4) is 0 Å². The molecule has 0 aliphatic carbocycles. The molecule has 1 aromatic carbocycles. The number of piperazine rings is 1. The van der Waals surface area contributed by atoms with Crippen LogP contribution >= 0.6 is 23.2 Å². The van der Waals surface area contributed by atoms with Gasteiger partial charge in [0, 0.05) is 41.8 Å². The first-order valence-electron chi connectivity index (χ1n) is 7.79. The Kier molecular flexibility index (Phi) is 5.96. The molecule has 1 aliphatic heterocycles.